The van der Waals surface area contributed by atoms with Crippen molar-refractivity contribution in [3.63, 3.8) is 0 Å². The van der Waals surface area contributed by atoms with E-state index in [0.717, 1.165) is 24.0 Å². The minimum absolute atomic E-state index is 0.0100. The molecule has 8 aliphatic carbocycles. The van der Waals surface area contributed by atoms with Crippen LogP contribution >= 0.6 is 0 Å². The molecule has 9 atom stereocenters. The minimum Gasteiger partial charge on any atom is -0.458 e. The zero-order valence-electron chi connectivity index (χ0n) is 49.8. The van der Waals surface area contributed by atoms with E-state index in [4.69, 9.17) is 37.2 Å². The van der Waals surface area contributed by atoms with Crippen LogP contribution < -0.4 is 0 Å². The highest BCUT2D eigenvalue weighted by molar-refractivity contribution is 7.87. The molecule has 8 fully saturated rings. The SMILES string of the molecule is CCC(C)(CC(C)(C)C(=O)OC1(C)C2CC3CC1CC(C(=O)OC(C)C(F)(F)S(=O)(=O)O)(C3)C2)C(=O)OC1(C)C2CC3CC1CC(C(=O)OC(C)C(F)(F)S(=O)(=O)O)(C3)C2.CCC(CC(C)c1ccc(S(=O)(=O)O)cc1)c1ccc(S(=O)(=O)O)cc1. The second kappa shape index (κ2) is 23.5. The third kappa shape index (κ3) is 13.3. The van der Waals surface area contributed by atoms with Gasteiger partial charge in [-0.1, -0.05) is 45.0 Å². The summed E-state index contributed by atoms with van der Waals surface area (Å²) in [7, 11) is -20.1. The first-order valence-corrected chi connectivity index (χ1v) is 34.6. The van der Waals surface area contributed by atoms with Gasteiger partial charge >= 0.3 is 54.6 Å². The quantitative estimate of drug-likeness (QED) is 0.0368. The maximum Gasteiger partial charge on any atom is 0.405 e. The van der Waals surface area contributed by atoms with Gasteiger partial charge in [0.1, 0.15) is 11.2 Å². The maximum absolute atomic E-state index is 14.3. The Morgan fingerprint density at radius 3 is 1.21 bits per heavy atom. The zero-order chi connectivity index (χ0) is 64.8. The van der Waals surface area contributed by atoms with Crippen molar-refractivity contribution in [2.75, 3.05) is 0 Å². The lowest BCUT2D eigenvalue weighted by Gasteiger charge is -2.63. The van der Waals surface area contributed by atoms with Crippen LogP contribution in [0, 0.1) is 57.2 Å². The molecule has 4 N–H and O–H groups in total. The molecular formula is C58H80F4O20S4. The van der Waals surface area contributed by atoms with Crippen molar-refractivity contribution in [2.24, 2.45) is 57.2 Å². The van der Waals surface area contributed by atoms with E-state index in [1.54, 1.807) is 65.8 Å². The van der Waals surface area contributed by atoms with E-state index >= 15 is 0 Å². The molecule has 0 heterocycles. The average Bonchev–Trinajstić information content (AvgIpc) is 0.723. The van der Waals surface area contributed by atoms with Crippen molar-refractivity contribution in [3.8, 4) is 0 Å². The van der Waals surface area contributed by atoms with Gasteiger partial charge in [-0.3, -0.25) is 37.4 Å². The molecule has 8 bridgehead atoms. The van der Waals surface area contributed by atoms with E-state index in [0.29, 0.717) is 52.4 Å². The highest BCUT2D eigenvalue weighted by atomic mass is 32.2. The molecule has 2 aromatic rings. The molecule has 0 saturated heterocycles. The second-order valence-corrected chi connectivity index (χ2v) is 32.7. The molecule has 0 amide bonds. The highest BCUT2D eigenvalue weighted by Gasteiger charge is 2.68. The van der Waals surface area contributed by atoms with Gasteiger partial charge in [0, 0.05) is 23.7 Å². The van der Waals surface area contributed by atoms with Gasteiger partial charge in [-0.15, -0.1) is 0 Å². The van der Waals surface area contributed by atoms with E-state index in [-0.39, 0.29) is 95.7 Å². The van der Waals surface area contributed by atoms with E-state index in [9.17, 15) is 70.4 Å². The van der Waals surface area contributed by atoms with Crippen molar-refractivity contribution in [1.29, 1.82) is 0 Å². The predicted molar refractivity (Wildman–Crippen MR) is 300 cm³/mol. The molecule has 0 aliphatic heterocycles. The second-order valence-electron chi connectivity index (χ2n) is 26.9. The van der Waals surface area contributed by atoms with Crippen LogP contribution in [0.5, 0.6) is 0 Å². The molecule has 86 heavy (non-hydrogen) atoms. The topological polar surface area (TPSA) is 323 Å². The molecule has 20 nitrogen and oxygen atoms in total. The smallest absolute Gasteiger partial charge is 0.405 e. The number of ether oxygens (including phenoxy) is 4. The van der Waals surface area contributed by atoms with Crippen LogP contribution in [0.25, 0.3) is 0 Å². The van der Waals surface area contributed by atoms with Crippen LogP contribution in [0.2, 0.25) is 0 Å². The molecule has 8 aliphatic rings. The van der Waals surface area contributed by atoms with E-state index in [1.807, 2.05) is 13.8 Å². The van der Waals surface area contributed by atoms with Gasteiger partial charge in [0.05, 0.1) is 31.5 Å². The summed E-state index contributed by atoms with van der Waals surface area (Å²) < 4.78 is 206. The van der Waals surface area contributed by atoms with Crippen LogP contribution in [0.3, 0.4) is 0 Å². The molecule has 0 spiro atoms. The first-order chi connectivity index (χ1) is 39.1. The van der Waals surface area contributed by atoms with Gasteiger partial charge < -0.3 is 18.9 Å². The summed E-state index contributed by atoms with van der Waals surface area (Å²) in [5.41, 5.74) is -5.01. The molecule has 8 saturated carbocycles. The van der Waals surface area contributed by atoms with Crippen molar-refractivity contribution >= 4 is 64.3 Å². The Kier molecular flexibility index (Phi) is 18.9. The number of rotatable bonds is 22. The van der Waals surface area contributed by atoms with Crippen LogP contribution in [0.4, 0.5) is 17.6 Å². The standard InChI is InChI=1S/C40H58F4O14S2.C18H22O6S2/c1-9-34(6,30(46)58-36(8)27-12-24-13-28(36)19-38(15-24,18-27)32(48)56-22(3)40(43,44)60(52,53)54)20-33(4,5)29(45)57-35(7)25-10-23-11-26(35)17-37(14-23,16-25)31(47)55-21(2)39(41,42)59(49,50)51;1-3-14(16-6-10-18(11-7-16)26(22,23)24)12-13(2)15-4-8-17(9-5-15)25(19,20)21/h21-28H,9-20H2,1-8H3,(H,49,50,51)(H,52,53,54);4-11,13-14H,3,12H2,1-2H3,(H,19,20,21)(H,22,23,24). The summed E-state index contributed by atoms with van der Waals surface area (Å²) in [5.74, 6) is -4.18. The zero-order valence-corrected chi connectivity index (χ0v) is 53.0. The monoisotopic (exact) mass is 1300 g/mol. The largest absolute Gasteiger partial charge is 0.458 e. The van der Waals surface area contributed by atoms with Gasteiger partial charge in [0.15, 0.2) is 12.2 Å². The number of esters is 4. The first kappa shape index (κ1) is 69.2. The normalized spacial score (nSPS) is 31.0. The Bertz CT molecular complexity index is 3360. The third-order valence-electron chi connectivity index (χ3n) is 20.5. The molecule has 0 aromatic heterocycles. The summed E-state index contributed by atoms with van der Waals surface area (Å²) in [4.78, 5) is 55.2. The van der Waals surface area contributed by atoms with Crippen molar-refractivity contribution in [2.45, 2.75) is 215 Å². The number of alkyl halides is 4. The fourth-order valence-corrected chi connectivity index (χ4v) is 17.3. The van der Waals surface area contributed by atoms with E-state index in [2.05, 4.69) is 0 Å². The Morgan fingerprint density at radius 1 is 0.558 bits per heavy atom. The number of carbonyl (C=O) groups is 4. The Morgan fingerprint density at radius 2 is 0.895 bits per heavy atom. The van der Waals surface area contributed by atoms with Gasteiger partial charge in [-0.2, -0.15) is 51.2 Å². The number of halogens is 4. The lowest BCUT2D eigenvalue weighted by molar-refractivity contribution is -0.236. The molecule has 9 unspecified atom stereocenters. The highest BCUT2D eigenvalue weighted by Crippen LogP contribution is 2.67. The summed E-state index contributed by atoms with van der Waals surface area (Å²) in [6, 6.07) is 12.3. The number of benzene rings is 2. The van der Waals surface area contributed by atoms with Crippen LogP contribution in [0.15, 0.2) is 58.3 Å². The van der Waals surface area contributed by atoms with E-state index < -0.39 is 120 Å². The lowest BCUT2D eigenvalue weighted by Crippen LogP contribution is -2.64. The first-order valence-electron chi connectivity index (χ1n) is 28.9. The minimum atomic E-state index is -5.85. The Balaban J connectivity index is 0.000000339. The fraction of sp³-hybridized carbons (Fsp3) is 0.724. The Labute approximate surface area is 501 Å². The molecule has 28 heteroatoms. The molecular weight excluding hydrogens is 1220 g/mol. The number of hydrogen-bond acceptors (Lipinski definition) is 16. The van der Waals surface area contributed by atoms with Crippen LogP contribution in [-0.2, 0) is 78.6 Å². The van der Waals surface area contributed by atoms with Crippen LogP contribution in [-0.4, -0.2) is 110 Å². The number of carbonyl (C=O) groups excluding carboxylic acids is 4. The van der Waals surface area contributed by atoms with E-state index in [1.165, 1.54) is 24.3 Å². The third-order valence-corrected chi connectivity index (χ3v) is 24.3. The van der Waals surface area contributed by atoms with Crippen molar-refractivity contribution in [3.05, 3.63) is 59.7 Å². The summed E-state index contributed by atoms with van der Waals surface area (Å²) in [6.07, 6.45) is 0.746. The summed E-state index contributed by atoms with van der Waals surface area (Å²) in [5, 5.41) is -9.43. The van der Waals surface area contributed by atoms with Gasteiger partial charge in [0.25, 0.3) is 20.2 Å². The summed E-state index contributed by atoms with van der Waals surface area (Å²) >= 11 is 0. The Hall–Kier alpha value is -4.32. The lowest BCUT2D eigenvalue weighted by atomic mass is 9.45. The van der Waals surface area contributed by atoms with Crippen molar-refractivity contribution < 1.29 is 108 Å². The molecule has 2 aromatic carbocycles. The van der Waals surface area contributed by atoms with Gasteiger partial charge in [-0.05, 0) is 197 Å². The average molecular weight is 1300 g/mol. The molecule has 10 rings (SSSR count). The van der Waals surface area contributed by atoms with Gasteiger partial charge in [0.2, 0.25) is 0 Å². The summed E-state index contributed by atoms with van der Waals surface area (Å²) in [6.45, 7) is 15.9. The fourth-order valence-electron chi connectivity index (χ4n) is 15.4. The van der Waals surface area contributed by atoms with Gasteiger partial charge in [-0.25, -0.2) is 0 Å². The maximum atomic E-state index is 14.3. The molecule has 0 radical (unpaired) electrons. The molecule has 484 valence electrons. The van der Waals surface area contributed by atoms with Crippen LogP contribution in [0.1, 0.15) is 182 Å². The number of hydrogen-bond donors (Lipinski definition) is 4. The predicted octanol–water partition coefficient (Wildman–Crippen LogP) is 10.8. The van der Waals surface area contributed by atoms with Crippen molar-refractivity contribution in [1.82, 2.24) is 0 Å².